The molecule has 0 atom stereocenters. The number of aromatic amines is 1. The minimum atomic E-state index is -0.206. The first-order chi connectivity index (χ1) is 15.5. The average molecular weight is 436 g/mol. The summed E-state index contributed by atoms with van der Waals surface area (Å²) in [4.78, 5) is 44.2. The second-order valence-electron chi connectivity index (χ2n) is 8.12. The number of anilines is 2. The van der Waals surface area contributed by atoms with E-state index in [4.69, 9.17) is 0 Å². The Bertz CT molecular complexity index is 1100. The molecule has 2 aliphatic rings. The van der Waals surface area contributed by atoms with Crippen molar-refractivity contribution in [1.29, 1.82) is 0 Å². The lowest BCUT2D eigenvalue weighted by atomic mass is 10.0. The molecule has 4 rings (SSSR count). The van der Waals surface area contributed by atoms with Gasteiger partial charge in [0, 0.05) is 54.4 Å². The Morgan fingerprint density at radius 2 is 2.00 bits per heavy atom. The molecule has 3 heterocycles. The Kier molecular flexibility index (Phi) is 6.14. The van der Waals surface area contributed by atoms with Crippen LogP contribution in [0.25, 0.3) is 11.6 Å². The summed E-state index contributed by atoms with van der Waals surface area (Å²) >= 11 is 0. The van der Waals surface area contributed by atoms with E-state index in [1.807, 2.05) is 11.8 Å². The van der Waals surface area contributed by atoms with Gasteiger partial charge in [-0.25, -0.2) is 0 Å². The van der Waals surface area contributed by atoms with Crippen LogP contribution in [0.3, 0.4) is 0 Å². The van der Waals surface area contributed by atoms with Crippen LogP contribution in [0.1, 0.15) is 46.7 Å². The number of benzene rings is 1. The van der Waals surface area contributed by atoms with E-state index in [0.29, 0.717) is 36.4 Å². The van der Waals surface area contributed by atoms with Gasteiger partial charge in [0.1, 0.15) is 0 Å². The van der Waals surface area contributed by atoms with Crippen LogP contribution in [-0.2, 0) is 16.0 Å². The Hall–Kier alpha value is -3.39. The van der Waals surface area contributed by atoms with E-state index < -0.39 is 0 Å². The first-order valence-corrected chi connectivity index (χ1v) is 11.1. The lowest BCUT2D eigenvalue weighted by Gasteiger charge is -2.29. The summed E-state index contributed by atoms with van der Waals surface area (Å²) in [5.41, 5.74) is 5.80. The predicted molar refractivity (Wildman–Crippen MR) is 126 cm³/mol. The maximum Gasteiger partial charge on any atom is 0.256 e. The smallest absolute Gasteiger partial charge is 0.256 e. The second kappa shape index (κ2) is 9.00. The standard InChI is InChI=1S/C24H29N5O3/c1-4-28(5-2)10-11-29-9-8-20-22(24(29)32)15(3)21(26-20)13-18-17-12-16(25-14-30)6-7-19(17)27-23(18)31/h6-7,12-14,26H,4-5,8-11H2,1-3H3,(H,25,30)(H,27,31). The summed E-state index contributed by atoms with van der Waals surface area (Å²) in [7, 11) is 0. The molecule has 8 nitrogen and oxygen atoms in total. The molecule has 0 bridgehead atoms. The number of likely N-dealkylation sites (N-methyl/N-ethyl adjacent to an activating group) is 1. The summed E-state index contributed by atoms with van der Waals surface area (Å²) in [6.45, 7) is 10.4. The number of amides is 3. The van der Waals surface area contributed by atoms with Gasteiger partial charge in [-0.1, -0.05) is 13.8 Å². The van der Waals surface area contributed by atoms with Crippen LogP contribution in [-0.4, -0.2) is 65.7 Å². The normalized spacial score (nSPS) is 16.4. The fraction of sp³-hybridized carbons (Fsp3) is 0.375. The third-order valence-corrected chi connectivity index (χ3v) is 6.40. The van der Waals surface area contributed by atoms with E-state index in [1.165, 1.54) is 0 Å². The monoisotopic (exact) mass is 435 g/mol. The molecular weight excluding hydrogens is 406 g/mol. The number of hydrogen-bond acceptors (Lipinski definition) is 4. The highest BCUT2D eigenvalue weighted by Crippen LogP contribution is 2.36. The van der Waals surface area contributed by atoms with Gasteiger partial charge >= 0.3 is 0 Å². The highest BCUT2D eigenvalue weighted by atomic mass is 16.2. The number of H-pyrrole nitrogens is 1. The van der Waals surface area contributed by atoms with E-state index in [1.54, 1.807) is 24.3 Å². The number of rotatable bonds is 8. The van der Waals surface area contributed by atoms with Gasteiger partial charge < -0.3 is 25.4 Å². The fourth-order valence-corrected chi connectivity index (χ4v) is 4.46. The van der Waals surface area contributed by atoms with E-state index in [2.05, 4.69) is 34.4 Å². The minimum absolute atomic E-state index is 0.0468. The van der Waals surface area contributed by atoms with Crippen molar-refractivity contribution >= 4 is 41.2 Å². The second-order valence-corrected chi connectivity index (χ2v) is 8.12. The first-order valence-electron chi connectivity index (χ1n) is 11.1. The van der Waals surface area contributed by atoms with Gasteiger partial charge in [-0.15, -0.1) is 0 Å². The molecule has 0 saturated heterocycles. The Morgan fingerprint density at radius 1 is 1.22 bits per heavy atom. The Balaban J connectivity index is 1.62. The number of fused-ring (bicyclic) bond motifs is 2. The molecule has 2 aromatic rings. The molecule has 0 radical (unpaired) electrons. The van der Waals surface area contributed by atoms with Crippen LogP contribution < -0.4 is 10.6 Å². The van der Waals surface area contributed by atoms with Gasteiger partial charge in [-0.2, -0.15) is 0 Å². The third kappa shape index (κ3) is 3.93. The first kappa shape index (κ1) is 21.8. The largest absolute Gasteiger partial charge is 0.358 e. The molecule has 0 saturated carbocycles. The van der Waals surface area contributed by atoms with Gasteiger partial charge in [0.2, 0.25) is 6.41 Å². The quantitative estimate of drug-likeness (QED) is 0.439. The fourth-order valence-electron chi connectivity index (χ4n) is 4.46. The molecule has 0 aliphatic carbocycles. The number of nitrogens with zero attached hydrogens (tertiary/aromatic N) is 2. The molecule has 32 heavy (non-hydrogen) atoms. The van der Waals surface area contributed by atoms with Crippen molar-refractivity contribution in [3.05, 3.63) is 46.3 Å². The van der Waals surface area contributed by atoms with Gasteiger partial charge in [0.25, 0.3) is 11.8 Å². The maximum atomic E-state index is 13.2. The molecule has 3 amide bonds. The highest BCUT2D eigenvalue weighted by molar-refractivity contribution is 6.35. The molecule has 1 aromatic carbocycles. The van der Waals surface area contributed by atoms with Crippen molar-refractivity contribution in [3.63, 3.8) is 0 Å². The van der Waals surface area contributed by atoms with Crippen molar-refractivity contribution < 1.29 is 14.4 Å². The molecule has 3 N–H and O–H groups in total. The molecule has 2 aliphatic heterocycles. The molecule has 0 fully saturated rings. The predicted octanol–water partition coefficient (Wildman–Crippen LogP) is 2.72. The van der Waals surface area contributed by atoms with Crippen LogP contribution in [0.4, 0.5) is 11.4 Å². The molecule has 0 spiro atoms. The Labute approximate surface area is 187 Å². The van der Waals surface area contributed by atoms with Gasteiger partial charge in [-0.05, 0) is 49.9 Å². The van der Waals surface area contributed by atoms with Crippen LogP contribution in [0.2, 0.25) is 0 Å². The van der Waals surface area contributed by atoms with E-state index in [9.17, 15) is 14.4 Å². The summed E-state index contributed by atoms with van der Waals surface area (Å²) in [6, 6.07) is 5.27. The summed E-state index contributed by atoms with van der Waals surface area (Å²) in [5.74, 6) is -0.159. The Morgan fingerprint density at radius 3 is 2.72 bits per heavy atom. The van der Waals surface area contributed by atoms with Crippen molar-refractivity contribution in [2.75, 3.05) is 43.4 Å². The lowest BCUT2D eigenvalue weighted by Crippen LogP contribution is -2.42. The van der Waals surface area contributed by atoms with Crippen LogP contribution in [0, 0.1) is 6.92 Å². The van der Waals surface area contributed by atoms with E-state index >= 15 is 0 Å². The number of carbonyl (C=O) groups excluding carboxylic acids is 3. The number of carbonyl (C=O) groups is 3. The van der Waals surface area contributed by atoms with Gasteiger partial charge in [0.05, 0.1) is 11.1 Å². The van der Waals surface area contributed by atoms with Crippen molar-refractivity contribution in [1.82, 2.24) is 14.8 Å². The molecular formula is C24H29N5O3. The maximum absolute atomic E-state index is 13.2. The summed E-state index contributed by atoms with van der Waals surface area (Å²) in [5, 5.41) is 5.47. The topological polar surface area (TPSA) is 97.5 Å². The number of nitrogens with one attached hydrogen (secondary N) is 3. The molecule has 0 unspecified atom stereocenters. The number of aromatic nitrogens is 1. The van der Waals surface area contributed by atoms with Crippen LogP contribution in [0.5, 0.6) is 0 Å². The van der Waals surface area contributed by atoms with Crippen molar-refractivity contribution in [2.24, 2.45) is 0 Å². The third-order valence-electron chi connectivity index (χ3n) is 6.40. The summed E-state index contributed by atoms with van der Waals surface area (Å²) < 4.78 is 0. The molecule has 8 heteroatoms. The zero-order valence-electron chi connectivity index (χ0n) is 18.7. The van der Waals surface area contributed by atoms with Crippen LogP contribution >= 0.6 is 0 Å². The molecule has 1 aromatic heterocycles. The van der Waals surface area contributed by atoms with Crippen molar-refractivity contribution in [3.8, 4) is 0 Å². The average Bonchev–Trinajstić information content (AvgIpc) is 3.27. The SMILES string of the molecule is CCN(CC)CCN1CCc2[nH]c(C=C3C(=O)Nc4ccc(NC=O)cc43)c(C)c2C1=O. The summed E-state index contributed by atoms with van der Waals surface area (Å²) in [6.07, 6.45) is 3.17. The van der Waals surface area contributed by atoms with Crippen LogP contribution in [0.15, 0.2) is 18.2 Å². The zero-order chi connectivity index (χ0) is 22.8. The van der Waals surface area contributed by atoms with E-state index in [-0.39, 0.29) is 11.8 Å². The molecule has 168 valence electrons. The van der Waals surface area contributed by atoms with Crippen molar-refractivity contribution in [2.45, 2.75) is 27.2 Å². The van der Waals surface area contributed by atoms with Gasteiger partial charge in [0.15, 0.2) is 0 Å². The minimum Gasteiger partial charge on any atom is -0.358 e. The highest BCUT2D eigenvalue weighted by Gasteiger charge is 2.30. The lowest BCUT2D eigenvalue weighted by molar-refractivity contribution is -0.110. The van der Waals surface area contributed by atoms with E-state index in [0.717, 1.165) is 54.1 Å². The zero-order valence-corrected chi connectivity index (χ0v) is 18.7. The number of hydrogen-bond donors (Lipinski definition) is 3. The van der Waals surface area contributed by atoms with Gasteiger partial charge in [-0.3, -0.25) is 14.4 Å².